The first-order valence-corrected chi connectivity index (χ1v) is 12.5. The first kappa shape index (κ1) is 24.1. The third-order valence-electron chi connectivity index (χ3n) is 6.52. The second-order valence-corrected chi connectivity index (χ2v) is 10.4. The predicted octanol–water partition coefficient (Wildman–Crippen LogP) is 4.73. The number of nitrogens with one attached hydrogen (secondary N) is 1. The summed E-state index contributed by atoms with van der Waals surface area (Å²) in [5, 5.41) is 7.87. The maximum atomic E-state index is 13.9. The van der Waals surface area contributed by atoms with E-state index in [4.69, 9.17) is 14.6 Å². The van der Waals surface area contributed by atoms with Crippen LogP contribution in [0, 0.1) is 6.92 Å². The van der Waals surface area contributed by atoms with Crippen LogP contribution in [0.1, 0.15) is 29.5 Å². The fraction of sp³-hybridized carbons (Fsp3) is 0.240. The number of benzene rings is 3. The van der Waals surface area contributed by atoms with Gasteiger partial charge in [-0.15, -0.1) is 0 Å². The summed E-state index contributed by atoms with van der Waals surface area (Å²) in [5.74, 6) is 0.885. The van der Waals surface area contributed by atoms with Gasteiger partial charge in [0.25, 0.3) is 0 Å². The second kappa shape index (κ2) is 8.24. The van der Waals surface area contributed by atoms with E-state index in [9.17, 15) is 26.4 Å². The van der Waals surface area contributed by atoms with E-state index < -0.39 is 32.1 Å². The van der Waals surface area contributed by atoms with Crippen LogP contribution >= 0.6 is 0 Å². The van der Waals surface area contributed by atoms with Crippen LogP contribution in [0.3, 0.4) is 0 Å². The highest BCUT2D eigenvalue weighted by Crippen LogP contribution is 2.51. The highest BCUT2D eigenvalue weighted by atomic mass is 32.2. The lowest BCUT2D eigenvalue weighted by Crippen LogP contribution is -2.27. The fourth-order valence-corrected chi connectivity index (χ4v) is 4.92. The number of amides is 1. The van der Waals surface area contributed by atoms with Crippen molar-refractivity contribution in [2.24, 2.45) is 5.14 Å². The van der Waals surface area contributed by atoms with Crippen molar-refractivity contribution in [3.8, 4) is 22.6 Å². The number of nitrogens with two attached hydrogens (primary N) is 1. The quantitative estimate of drug-likeness (QED) is 0.508. The van der Waals surface area contributed by atoms with Gasteiger partial charge in [0.15, 0.2) is 11.5 Å². The van der Waals surface area contributed by atoms with Crippen LogP contribution in [-0.2, 0) is 26.4 Å². The Bertz CT molecular complexity index is 1500. The van der Waals surface area contributed by atoms with E-state index in [-0.39, 0.29) is 23.8 Å². The standard InChI is InChI=1S/C25H21F3N2O5S/c1-14-2-4-16(11-19(14)18-6-5-17(36(29,32)33)12-20(18)25(26,27)28)30-23(31)24(8-9-24)15-3-7-21-22(10-15)35-13-34-21/h2-7,10-12H,8-9,13H2,1H3,(H,30,31)(H2,29,32,33). The highest BCUT2D eigenvalue weighted by Gasteiger charge is 2.51. The number of ether oxygens (including phenoxy) is 2. The van der Waals surface area contributed by atoms with E-state index in [0.29, 0.717) is 41.7 Å². The minimum atomic E-state index is -4.83. The molecule has 0 spiro atoms. The molecule has 2 aliphatic rings. The van der Waals surface area contributed by atoms with Crippen molar-refractivity contribution in [3.05, 3.63) is 71.3 Å². The van der Waals surface area contributed by atoms with Gasteiger partial charge in [-0.25, -0.2) is 13.6 Å². The summed E-state index contributed by atoms with van der Waals surface area (Å²) in [4.78, 5) is 12.6. The number of sulfonamides is 1. The lowest BCUT2D eigenvalue weighted by Gasteiger charge is -2.19. The Morgan fingerprint density at radius 2 is 1.69 bits per heavy atom. The first-order chi connectivity index (χ1) is 16.9. The van der Waals surface area contributed by atoms with Gasteiger partial charge in [-0.05, 0) is 78.4 Å². The maximum absolute atomic E-state index is 13.9. The average Bonchev–Trinajstić information content (AvgIpc) is 3.49. The van der Waals surface area contributed by atoms with Gasteiger partial charge >= 0.3 is 6.18 Å². The number of hydrogen-bond donors (Lipinski definition) is 2. The molecule has 0 unspecified atom stereocenters. The van der Waals surface area contributed by atoms with Crippen LogP contribution in [0.25, 0.3) is 11.1 Å². The Balaban J connectivity index is 1.48. The lowest BCUT2D eigenvalue weighted by atomic mass is 9.93. The molecule has 11 heteroatoms. The summed E-state index contributed by atoms with van der Waals surface area (Å²) >= 11 is 0. The molecule has 0 bridgehead atoms. The molecule has 1 aliphatic carbocycles. The fourth-order valence-electron chi connectivity index (χ4n) is 4.38. The summed E-state index contributed by atoms with van der Waals surface area (Å²) in [6.45, 7) is 1.74. The average molecular weight is 519 g/mol. The van der Waals surface area contributed by atoms with Crippen LogP contribution in [0.5, 0.6) is 11.5 Å². The third kappa shape index (κ3) is 4.28. The Hall–Kier alpha value is -3.57. The second-order valence-electron chi connectivity index (χ2n) is 8.88. The van der Waals surface area contributed by atoms with Gasteiger partial charge in [0.2, 0.25) is 22.7 Å². The molecule has 7 nitrogen and oxygen atoms in total. The van der Waals surface area contributed by atoms with E-state index in [0.717, 1.165) is 17.7 Å². The number of halogens is 3. The topological polar surface area (TPSA) is 108 Å². The number of anilines is 1. The first-order valence-electron chi connectivity index (χ1n) is 11.0. The van der Waals surface area contributed by atoms with Crippen LogP contribution < -0.4 is 19.9 Å². The largest absolute Gasteiger partial charge is 0.454 e. The van der Waals surface area contributed by atoms with Gasteiger partial charge in [0.05, 0.1) is 15.9 Å². The van der Waals surface area contributed by atoms with Crippen molar-refractivity contribution in [2.45, 2.75) is 36.3 Å². The molecule has 3 aromatic rings. The van der Waals surface area contributed by atoms with E-state index in [1.165, 1.54) is 6.07 Å². The molecule has 1 amide bonds. The number of alkyl halides is 3. The van der Waals surface area contributed by atoms with E-state index >= 15 is 0 Å². The molecule has 1 aliphatic heterocycles. The van der Waals surface area contributed by atoms with Gasteiger partial charge in [-0.3, -0.25) is 4.79 Å². The molecule has 36 heavy (non-hydrogen) atoms. The number of rotatable bonds is 5. The molecule has 0 saturated heterocycles. The molecule has 1 saturated carbocycles. The molecule has 0 aromatic heterocycles. The zero-order chi connectivity index (χ0) is 25.9. The Morgan fingerprint density at radius 1 is 0.972 bits per heavy atom. The van der Waals surface area contributed by atoms with E-state index in [2.05, 4.69) is 5.32 Å². The summed E-state index contributed by atoms with van der Waals surface area (Å²) < 4.78 is 75.6. The molecule has 0 atom stereocenters. The number of aryl methyl sites for hydroxylation is 1. The highest BCUT2D eigenvalue weighted by molar-refractivity contribution is 7.89. The van der Waals surface area contributed by atoms with Crippen LogP contribution in [-0.4, -0.2) is 21.1 Å². The Morgan fingerprint density at radius 3 is 2.36 bits per heavy atom. The number of hydrogen-bond acceptors (Lipinski definition) is 5. The zero-order valence-corrected chi connectivity index (χ0v) is 19.8. The molecule has 1 heterocycles. The van der Waals surface area contributed by atoms with Crippen molar-refractivity contribution in [3.63, 3.8) is 0 Å². The van der Waals surface area contributed by atoms with Gasteiger partial charge in [-0.1, -0.05) is 18.2 Å². The molecule has 1 fully saturated rings. The molecule has 5 rings (SSSR count). The van der Waals surface area contributed by atoms with E-state index in [1.54, 1.807) is 31.2 Å². The summed E-state index contributed by atoms with van der Waals surface area (Å²) in [7, 11) is -4.33. The Kier molecular flexibility index (Phi) is 5.53. The summed E-state index contributed by atoms with van der Waals surface area (Å²) in [5.41, 5.74) is -0.320. The predicted molar refractivity (Wildman–Crippen MR) is 125 cm³/mol. The monoisotopic (exact) mass is 518 g/mol. The Labute approximate surface area is 205 Å². The zero-order valence-electron chi connectivity index (χ0n) is 19.0. The summed E-state index contributed by atoms with van der Waals surface area (Å²) in [6, 6.07) is 12.6. The van der Waals surface area contributed by atoms with Crippen molar-refractivity contribution < 1.29 is 35.9 Å². The normalized spacial score (nSPS) is 16.0. The summed E-state index contributed by atoms with van der Waals surface area (Å²) in [6.07, 6.45) is -3.60. The number of carbonyl (C=O) groups excluding carboxylic acids is 1. The van der Waals surface area contributed by atoms with Gasteiger partial charge in [-0.2, -0.15) is 13.2 Å². The van der Waals surface area contributed by atoms with Crippen molar-refractivity contribution in [2.75, 3.05) is 12.1 Å². The van der Waals surface area contributed by atoms with Crippen LogP contribution in [0.15, 0.2) is 59.5 Å². The molecule has 188 valence electrons. The lowest BCUT2D eigenvalue weighted by molar-refractivity contribution is -0.137. The van der Waals surface area contributed by atoms with Crippen LogP contribution in [0.4, 0.5) is 18.9 Å². The van der Waals surface area contributed by atoms with Crippen molar-refractivity contribution in [1.82, 2.24) is 0 Å². The molecular formula is C25H21F3N2O5S. The van der Waals surface area contributed by atoms with Crippen molar-refractivity contribution in [1.29, 1.82) is 0 Å². The number of fused-ring (bicyclic) bond motifs is 1. The molecule has 0 radical (unpaired) electrons. The number of primary sulfonamides is 1. The minimum absolute atomic E-state index is 0.113. The third-order valence-corrected chi connectivity index (χ3v) is 7.43. The minimum Gasteiger partial charge on any atom is -0.454 e. The molecule has 3 aromatic carbocycles. The van der Waals surface area contributed by atoms with Crippen molar-refractivity contribution >= 4 is 21.6 Å². The SMILES string of the molecule is Cc1ccc(NC(=O)C2(c3ccc4c(c3)OCO4)CC2)cc1-c1ccc(S(N)(=O)=O)cc1C(F)(F)F. The van der Waals surface area contributed by atoms with Gasteiger partial charge < -0.3 is 14.8 Å². The van der Waals surface area contributed by atoms with Gasteiger partial charge in [0, 0.05) is 5.69 Å². The molecular weight excluding hydrogens is 497 g/mol. The number of carbonyl (C=O) groups is 1. The van der Waals surface area contributed by atoms with Gasteiger partial charge in [0.1, 0.15) is 0 Å². The van der Waals surface area contributed by atoms with Crippen LogP contribution in [0.2, 0.25) is 0 Å². The smallest absolute Gasteiger partial charge is 0.417 e. The molecule has 3 N–H and O–H groups in total. The maximum Gasteiger partial charge on any atom is 0.417 e. The van der Waals surface area contributed by atoms with E-state index in [1.807, 2.05) is 6.07 Å².